The molecular weight excluding hydrogens is 262 g/mol. The molecule has 1 aliphatic carbocycles. The fraction of sp³-hybridized carbons (Fsp3) is 0.235. The fourth-order valence-corrected chi connectivity index (χ4v) is 2.68. The smallest absolute Gasteiger partial charge is 0.253 e. The average molecular weight is 277 g/mol. The predicted octanol–water partition coefficient (Wildman–Crippen LogP) is 2.24. The monoisotopic (exact) mass is 277 g/mol. The number of nitrogens with one attached hydrogen (secondary N) is 1. The number of aromatic nitrogens is 1. The highest BCUT2D eigenvalue weighted by atomic mass is 16.1. The van der Waals surface area contributed by atoms with Crippen LogP contribution in [0, 0.1) is 11.3 Å². The van der Waals surface area contributed by atoms with Crippen molar-refractivity contribution in [3.8, 4) is 6.07 Å². The van der Waals surface area contributed by atoms with Crippen LogP contribution in [0.15, 0.2) is 42.6 Å². The third kappa shape index (κ3) is 2.92. The number of carbonyl (C=O) groups is 1. The maximum absolute atomic E-state index is 12.2. The van der Waals surface area contributed by atoms with Crippen molar-refractivity contribution in [3.05, 3.63) is 65.0 Å². The second-order valence-corrected chi connectivity index (χ2v) is 5.23. The quantitative estimate of drug-likeness (QED) is 0.915. The lowest BCUT2D eigenvalue weighted by atomic mass is 9.88. The summed E-state index contributed by atoms with van der Waals surface area (Å²) >= 11 is 0. The van der Waals surface area contributed by atoms with E-state index in [0.29, 0.717) is 11.3 Å². The van der Waals surface area contributed by atoms with E-state index >= 15 is 0 Å². The van der Waals surface area contributed by atoms with Crippen LogP contribution in [0.3, 0.4) is 0 Å². The van der Waals surface area contributed by atoms with Crippen LogP contribution in [0.4, 0.5) is 0 Å². The highest BCUT2D eigenvalue weighted by molar-refractivity contribution is 5.94. The van der Waals surface area contributed by atoms with Crippen molar-refractivity contribution in [2.45, 2.75) is 25.3 Å². The van der Waals surface area contributed by atoms with Crippen molar-refractivity contribution in [1.29, 1.82) is 5.26 Å². The van der Waals surface area contributed by atoms with E-state index < -0.39 is 0 Å². The van der Waals surface area contributed by atoms with Gasteiger partial charge in [0.15, 0.2) is 0 Å². The first kappa shape index (κ1) is 13.3. The van der Waals surface area contributed by atoms with Crippen LogP contribution >= 0.6 is 0 Å². The summed E-state index contributed by atoms with van der Waals surface area (Å²) in [6.45, 7) is 0. The standard InChI is InChI=1S/C17H15N3O/c18-10-16-8-6-14(11-19-16)17(21)20-15-7-5-12-3-1-2-4-13(12)9-15/h1-4,6,8,11,15H,5,7,9H2,(H,20,21). The maximum atomic E-state index is 12.2. The molecule has 0 saturated heterocycles. The Bertz CT molecular complexity index is 701. The molecule has 3 rings (SSSR count). The number of nitriles is 1. The highest BCUT2D eigenvalue weighted by Crippen LogP contribution is 2.21. The van der Waals surface area contributed by atoms with Crippen LogP contribution in [-0.2, 0) is 12.8 Å². The number of pyridine rings is 1. The molecule has 1 aromatic heterocycles. The molecule has 1 atom stereocenters. The van der Waals surface area contributed by atoms with E-state index in [0.717, 1.165) is 19.3 Å². The molecule has 0 saturated carbocycles. The third-order valence-electron chi connectivity index (χ3n) is 3.82. The summed E-state index contributed by atoms with van der Waals surface area (Å²) in [4.78, 5) is 16.1. The Kier molecular flexibility index (Phi) is 3.65. The zero-order valence-electron chi connectivity index (χ0n) is 11.5. The molecule has 0 spiro atoms. The van der Waals surface area contributed by atoms with Crippen molar-refractivity contribution in [2.75, 3.05) is 0 Å². The number of carbonyl (C=O) groups excluding carboxylic acids is 1. The van der Waals surface area contributed by atoms with Crippen molar-refractivity contribution in [3.63, 3.8) is 0 Å². The Hall–Kier alpha value is -2.67. The summed E-state index contributed by atoms with van der Waals surface area (Å²) in [5.74, 6) is -0.128. The lowest BCUT2D eigenvalue weighted by molar-refractivity contribution is 0.0933. The minimum Gasteiger partial charge on any atom is -0.349 e. The van der Waals surface area contributed by atoms with Gasteiger partial charge in [0, 0.05) is 12.2 Å². The summed E-state index contributed by atoms with van der Waals surface area (Å²) in [6.07, 6.45) is 4.26. The molecule has 0 radical (unpaired) electrons. The normalized spacial score (nSPS) is 16.6. The van der Waals surface area contributed by atoms with E-state index in [-0.39, 0.29) is 11.9 Å². The largest absolute Gasteiger partial charge is 0.349 e. The molecule has 0 aliphatic heterocycles. The van der Waals surface area contributed by atoms with E-state index in [1.165, 1.54) is 17.3 Å². The molecule has 0 bridgehead atoms. The Morgan fingerprint density at radius 1 is 1.24 bits per heavy atom. The van der Waals surface area contributed by atoms with Gasteiger partial charge in [-0.15, -0.1) is 0 Å². The van der Waals surface area contributed by atoms with Gasteiger partial charge in [0.05, 0.1) is 5.56 Å². The van der Waals surface area contributed by atoms with Crippen molar-refractivity contribution in [2.24, 2.45) is 0 Å². The van der Waals surface area contributed by atoms with E-state index in [4.69, 9.17) is 5.26 Å². The van der Waals surface area contributed by atoms with Crippen LogP contribution < -0.4 is 5.32 Å². The van der Waals surface area contributed by atoms with Crippen LogP contribution in [0.2, 0.25) is 0 Å². The first-order valence-corrected chi connectivity index (χ1v) is 7.00. The minimum atomic E-state index is -0.128. The topological polar surface area (TPSA) is 65.8 Å². The zero-order valence-corrected chi connectivity index (χ0v) is 11.5. The lowest BCUT2D eigenvalue weighted by Crippen LogP contribution is -2.38. The maximum Gasteiger partial charge on any atom is 0.253 e. The third-order valence-corrected chi connectivity index (χ3v) is 3.82. The number of amides is 1. The summed E-state index contributed by atoms with van der Waals surface area (Å²) in [6, 6.07) is 13.7. The Balaban J connectivity index is 1.67. The van der Waals surface area contributed by atoms with Gasteiger partial charge in [0.25, 0.3) is 5.91 Å². The zero-order chi connectivity index (χ0) is 14.7. The fourth-order valence-electron chi connectivity index (χ4n) is 2.68. The van der Waals surface area contributed by atoms with E-state index in [1.807, 2.05) is 12.1 Å². The van der Waals surface area contributed by atoms with Gasteiger partial charge in [0.1, 0.15) is 11.8 Å². The van der Waals surface area contributed by atoms with Gasteiger partial charge < -0.3 is 5.32 Å². The molecular formula is C17H15N3O. The second-order valence-electron chi connectivity index (χ2n) is 5.23. The molecule has 21 heavy (non-hydrogen) atoms. The molecule has 0 fully saturated rings. The number of nitrogens with zero attached hydrogens (tertiary/aromatic N) is 2. The van der Waals surface area contributed by atoms with E-state index in [2.05, 4.69) is 28.5 Å². The van der Waals surface area contributed by atoms with Gasteiger partial charge >= 0.3 is 0 Å². The van der Waals surface area contributed by atoms with E-state index in [1.54, 1.807) is 12.1 Å². The molecule has 1 amide bonds. The van der Waals surface area contributed by atoms with Gasteiger partial charge in [-0.1, -0.05) is 24.3 Å². The number of rotatable bonds is 2. The first-order chi connectivity index (χ1) is 10.3. The Morgan fingerprint density at radius 3 is 2.76 bits per heavy atom. The number of hydrogen-bond acceptors (Lipinski definition) is 3. The van der Waals surface area contributed by atoms with Gasteiger partial charge in [-0.3, -0.25) is 4.79 Å². The molecule has 1 heterocycles. The molecule has 2 aromatic rings. The van der Waals surface area contributed by atoms with Crippen LogP contribution in [-0.4, -0.2) is 16.9 Å². The lowest BCUT2D eigenvalue weighted by Gasteiger charge is -2.25. The second kappa shape index (κ2) is 5.76. The van der Waals surface area contributed by atoms with Gasteiger partial charge in [-0.25, -0.2) is 4.98 Å². The van der Waals surface area contributed by atoms with Crippen molar-refractivity contribution >= 4 is 5.91 Å². The average Bonchev–Trinajstić information content (AvgIpc) is 2.55. The molecule has 1 unspecified atom stereocenters. The molecule has 104 valence electrons. The number of fused-ring (bicyclic) bond motifs is 1. The number of aryl methyl sites for hydroxylation is 1. The molecule has 4 nitrogen and oxygen atoms in total. The Morgan fingerprint density at radius 2 is 2.05 bits per heavy atom. The predicted molar refractivity (Wildman–Crippen MR) is 78.7 cm³/mol. The molecule has 1 aliphatic rings. The van der Waals surface area contributed by atoms with E-state index in [9.17, 15) is 4.79 Å². The number of hydrogen-bond donors (Lipinski definition) is 1. The van der Waals surface area contributed by atoms with Crippen molar-refractivity contribution in [1.82, 2.24) is 10.3 Å². The van der Waals surface area contributed by atoms with Gasteiger partial charge in [-0.05, 0) is 42.5 Å². The molecule has 1 aromatic carbocycles. The summed E-state index contributed by atoms with van der Waals surface area (Å²) < 4.78 is 0. The summed E-state index contributed by atoms with van der Waals surface area (Å²) in [5, 5.41) is 11.8. The van der Waals surface area contributed by atoms with Crippen LogP contribution in [0.5, 0.6) is 0 Å². The number of benzene rings is 1. The van der Waals surface area contributed by atoms with Gasteiger partial charge in [-0.2, -0.15) is 5.26 Å². The summed E-state index contributed by atoms with van der Waals surface area (Å²) in [5.41, 5.74) is 3.50. The molecule has 1 N–H and O–H groups in total. The first-order valence-electron chi connectivity index (χ1n) is 7.00. The Labute approximate surface area is 123 Å². The minimum absolute atomic E-state index is 0.128. The summed E-state index contributed by atoms with van der Waals surface area (Å²) in [7, 11) is 0. The molecule has 4 heteroatoms. The van der Waals surface area contributed by atoms with Crippen molar-refractivity contribution < 1.29 is 4.79 Å². The van der Waals surface area contributed by atoms with Crippen LogP contribution in [0.1, 0.15) is 33.6 Å². The van der Waals surface area contributed by atoms with Gasteiger partial charge in [0.2, 0.25) is 0 Å². The SMILES string of the molecule is N#Cc1ccc(C(=O)NC2CCc3ccccc3C2)cn1. The highest BCUT2D eigenvalue weighted by Gasteiger charge is 2.20. The van der Waals surface area contributed by atoms with Crippen LogP contribution in [0.25, 0.3) is 0 Å².